The Hall–Kier alpha value is -2.96. The molecular formula is C21H27N5O2. The van der Waals surface area contributed by atoms with Gasteiger partial charge < -0.3 is 19.9 Å². The summed E-state index contributed by atoms with van der Waals surface area (Å²) in [6.45, 7) is 5.52. The Morgan fingerprint density at radius 2 is 2.04 bits per heavy atom. The highest BCUT2D eigenvalue weighted by Gasteiger charge is 2.23. The molecule has 0 saturated carbocycles. The molecule has 0 bridgehead atoms. The van der Waals surface area contributed by atoms with Crippen molar-refractivity contribution in [2.24, 2.45) is 0 Å². The van der Waals surface area contributed by atoms with Gasteiger partial charge >= 0.3 is 0 Å². The Labute approximate surface area is 165 Å². The molecule has 0 spiro atoms. The standard InChI is InChI=1S/C21H27N5O2/c1-2-3-13-28-19-7-6-18(24-16-19)14-20(27)25-9-11-26(12-10-25)21-17(15-22)5-4-8-23-21/h4-8,15-16,22H,2-3,9-14H2,1H3. The monoisotopic (exact) mass is 381 g/mol. The van der Waals surface area contributed by atoms with Crippen LogP contribution in [0.5, 0.6) is 5.75 Å². The van der Waals surface area contributed by atoms with E-state index < -0.39 is 0 Å². The SMILES string of the molecule is CCCCOc1ccc(CC(=O)N2CCN(c3ncccc3C=N)CC2)nc1. The van der Waals surface area contributed by atoms with Gasteiger partial charge in [-0.15, -0.1) is 0 Å². The first-order valence-corrected chi connectivity index (χ1v) is 9.77. The topological polar surface area (TPSA) is 82.4 Å². The van der Waals surface area contributed by atoms with Gasteiger partial charge in [-0.3, -0.25) is 9.78 Å². The number of hydrogen-bond donors (Lipinski definition) is 1. The lowest BCUT2D eigenvalue weighted by atomic mass is 10.2. The molecule has 1 aliphatic rings. The molecule has 7 heteroatoms. The molecule has 1 aliphatic heterocycles. The third-order valence-electron chi connectivity index (χ3n) is 4.80. The second kappa shape index (κ2) is 9.82. The van der Waals surface area contributed by atoms with E-state index in [1.54, 1.807) is 12.4 Å². The van der Waals surface area contributed by atoms with Crippen LogP contribution >= 0.6 is 0 Å². The average molecular weight is 381 g/mol. The molecule has 0 atom stereocenters. The third kappa shape index (κ3) is 5.06. The average Bonchev–Trinajstić information content (AvgIpc) is 2.75. The zero-order chi connectivity index (χ0) is 19.8. The summed E-state index contributed by atoms with van der Waals surface area (Å²) in [6, 6.07) is 7.45. The van der Waals surface area contributed by atoms with Gasteiger partial charge in [0, 0.05) is 49.8 Å². The van der Waals surface area contributed by atoms with Crippen molar-refractivity contribution in [2.45, 2.75) is 26.2 Å². The number of rotatable bonds is 8. The van der Waals surface area contributed by atoms with Crippen LogP contribution in [0, 0.1) is 5.41 Å². The maximum absolute atomic E-state index is 12.6. The van der Waals surface area contributed by atoms with E-state index in [1.165, 1.54) is 6.21 Å². The number of anilines is 1. The van der Waals surface area contributed by atoms with Crippen LogP contribution in [0.3, 0.4) is 0 Å². The van der Waals surface area contributed by atoms with E-state index in [9.17, 15) is 4.79 Å². The van der Waals surface area contributed by atoms with Crippen molar-refractivity contribution in [3.05, 3.63) is 47.9 Å². The Bertz CT molecular complexity index is 786. The lowest BCUT2D eigenvalue weighted by molar-refractivity contribution is -0.130. The van der Waals surface area contributed by atoms with E-state index in [-0.39, 0.29) is 5.91 Å². The molecule has 2 aromatic heterocycles. The number of carbonyl (C=O) groups excluding carboxylic acids is 1. The van der Waals surface area contributed by atoms with Crippen LogP contribution < -0.4 is 9.64 Å². The van der Waals surface area contributed by atoms with Crippen LogP contribution in [-0.4, -0.2) is 59.8 Å². The minimum Gasteiger partial charge on any atom is -0.492 e. The van der Waals surface area contributed by atoms with Crippen LogP contribution in [0.25, 0.3) is 0 Å². The molecule has 1 amide bonds. The number of unbranched alkanes of at least 4 members (excludes halogenated alkanes) is 1. The molecule has 3 rings (SSSR count). The molecule has 0 unspecified atom stereocenters. The number of pyridine rings is 2. The molecule has 3 heterocycles. The van der Waals surface area contributed by atoms with Gasteiger partial charge in [-0.05, 0) is 30.7 Å². The van der Waals surface area contributed by atoms with Crippen LogP contribution in [0.1, 0.15) is 31.0 Å². The smallest absolute Gasteiger partial charge is 0.228 e. The van der Waals surface area contributed by atoms with Gasteiger partial charge in [0.25, 0.3) is 0 Å². The first-order chi connectivity index (χ1) is 13.7. The largest absolute Gasteiger partial charge is 0.492 e. The van der Waals surface area contributed by atoms with E-state index in [0.717, 1.165) is 35.7 Å². The predicted octanol–water partition coefficient (Wildman–Crippen LogP) is 2.54. The summed E-state index contributed by atoms with van der Waals surface area (Å²) in [5.74, 6) is 1.64. The number of nitrogens with zero attached hydrogens (tertiary/aromatic N) is 4. The third-order valence-corrected chi connectivity index (χ3v) is 4.80. The predicted molar refractivity (Wildman–Crippen MR) is 109 cm³/mol. The summed E-state index contributed by atoms with van der Waals surface area (Å²) in [5, 5.41) is 7.53. The van der Waals surface area contributed by atoms with Crippen LogP contribution in [0.2, 0.25) is 0 Å². The van der Waals surface area contributed by atoms with E-state index in [2.05, 4.69) is 21.8 Å². The molecule has 148 valence electrons. The van der Waals surface area contributed by atoms with Gasteiger partial charge in [0.15, 0.2) is 0 Å². The second-order valence-electron chi connectivity index (χ2n) is 6.79. The Morgan fingerprint density at radius 3 is 2.71 bits per heavy atom. The van der Waals surface area contributed by atoms with Gasteiger partial charge in [-0.2, -0.15) is 0 Å². The lowest BCUT2D eigenvalue weighted by Gasteiger charge is -2.36. The minimum atomic E-state index is 0.0834. The second-order valence-corrected chi connectivity index (χ2v) is 6.79. The number of hydrogen-bond acceptors (Lipinski definition) is 6. The van der Waals surface area contributed by atoms with E-state index >= 15 is 0 Å². The quantitative estimate of drug-likeness (QED) is 0.561. The van der Waals surface area contributed by atoms with Crippen molar-refractivity contribution < 1.29 is 9.53 Å². The number of aromatic nitrogens is 2. The summed E-state index contributed by atoms with van der Waals surface area (Å²) in [7, 11) is 0. The number of amides is 1. The van der Waals surface area contributed by atoms with Crippen molar-refractivity contribution in [2.75, 3.05) is 37.7 Å². The number of carbonyl (C=O) groups is 1. The van der Waals surface area contributed by atoms with Gasteiger partial charge in [-0.25, -0.2) is 4.98 Å². The highest BCUT2D eigenvalue weighted by atomic mass is 16.5. The molecule has 1 saturated heterocycles. The van der Waals surface area contributed by atoms with Crippen molar-refractivity contribution in [3.63, 3.8) is 0 Å². The first kappa shape index (κ1) is 19.8. The Morgan fingerprint density at radius 1 is 1.21 bits per heavy atom. The molecule has 1 N–H and O–H groups in total. The maximum atomic E-state index is 12.6. The summed E-state index contributed by atoms with van der Waals surface area (Å²) >= 11 is 0. The highest BCUT2D eigenvalue weighted by molar-refractivity contribution is 5.84. The zero-order valence-corrected chi connectivity index (χ0v) is 16.3. The van der Waals surface area contributed by atoms with Crippen molar-refractivity contribution >= 4 is 17.9 Å². The van der Waals surface area contributed by atoms with Crippen molar-refractivity contribution in [1.29, 1.82) is 5.41 Å². The Kier molecular flexibility index (Phi) is 6.94. The molecule has 0 radical (unpaired) electrons. The van der Waals surface area contributed by atoms with Crippen LogP contribution in [0.4, 0.5) is 5.82 Å². The zero-order valence-electron chi connectivity index (χ0n) is 16.3. The van der Waals surface area contributed by atoms with E-state index in [4.69, 9.17) is 10.1 Å². The van der Waals surface area contributed by atoms with Crippen LogP contribution in [0.15, 0.2) is 36.7 Å². The normalized spacial score (nSPS) is 14.0. The molecule has 2 aromatic rings. The van der Waals surface area contributed by atoms with E-state index in [1.807, 2.05) is 29.2 Å². The molecule has 1 fully saturated rings. The van der Waals surface area contributed by atoms with Gasteiger partial charge in [0.1, 0.15) is 11.6 Å². The summed E-state index contributed by atoms with van der Waals surface area (Å²) in [5.41, 5.74) is 1.55. The lowest BCUT2D eigenvalue weighted by Crippen LogP contribution is -2.49. The number of piperazine rings is 1. The fourth-order valence-electron chi connectivity index (χ4n) is 3.16. The van der Waals surface area contributed by atoms with Gasteiger partial charge in [0.05, 0.1) is 19.2 Å². The van der Waals surface area contributed by atoms with Crippen LogP contribution in [-0.2, 0) is 11.2 Å². The van der Waals surface area contributed by atoms with Gasteiger partial charge in [0.2, 0.25) is 5.91 Å². The molecule has 0 aliphatic carbocycles. The van der Waals surface area contributed by atoms with Gasteiger partial charge in [-0.1, -0.05) is 13.3 Å². The molecular weight excluding hydrogens is 354 g/mol. The maximum Gasteiger partial charge on any atom is 0.228 e. The number of ether oxygens (including phenoxy) is 1. The van der Waals surface area contributed by atoms with Crippen molar-refractivity contribution in [3.8, 4) is 5.75 Å². The minimum absolute atomic E-state index is 0.0834. The highest BCUT2D eigenvalue weighted by Crippen LogP contribution is 2.18. The van der Waals surface area contributed by atoms with Crippen molar-refractivity contribution in [1.82, 2.24) is 14.9 Å². The molecule has 28 heavy (non-hydrogen) atoms. The van der Waals surface area contributed by atoms with E-state index in [0.29, 0.717) is 39.2 Å². The molecule has 0 aromatic carbocycles. The number of nitrogens with one attached hydrogen (secondary N) is 1. The Balaban J connectivity index is 1.50. The first-order valence-electron chi connectivity index (χ1n) is 9.77. The summed E-state index contributed by atoms with van der Waals surface area (Å²) < 4.78 is 5.61. The fraction of sp³-hybridized carbons (Fsp3) is 0.429. The summed E-state index contributed by atoms with van der Waals surface area (Å²) in [6.07, 6.45) is 7.16. The molecule has 7 nitrogen and oxygen atoms in total. The fourth-order valence-corrected chi connectivity index (χ4v) is 3.16. The summed E-state index contributed by atoms with van der Waals surface area (Å²) in [4.78, 5) is 25.4.